The monoisotopic (exact) mass is 436 g/mol. The van der Waals surface area contributed by atoms with E-state index in [1.165, 1.54) is 32.4 Å². The van der Waals surface area contributed by atoms with Crippen LogP contribution in [0, 0.1) is 0 Å². The van der Waals surface area contributed by atoms with Gasteiger partial charge in [-0.1, -0.05) is 6.07 Å². The zero-order chi connectivity index (χ0) is 21.7. The van der Waals surface area contributed by atoms with Crippen LogP contribution in [0.5, 0.6) is 17.2 Å². The van der Waals surface area contributed by atoms with E-state index < -0.39 is 15.9 Å². The molecule has 1 heterocycles. The summed E-state index contributed by atoms with van der Waals surface area (Å²) in [6, 6.07) is 9.33. The molecule has 1 amide bonds. The van der Waals surface area contributed by atoms with Crippen LogP contribution in [0.3, 0.4) is 0 Å². The predicted octanol–water partition coefficient (Wildman–Crippen LogP) is 1.84. The van der Waals surface area contributed by atoms with Crippen LogP contribution in [0.15, 0.2) is 41.3 Å². The average Bonchev–Trinajstić information content (AvgIpc) is 3.21. The van der Waals surface area contributed by atoms with Crippen LogP contribution in [0.1, 0.15) is 28.9 Å². The number of carbonyl (C=O) groups is 1. The van der Waals surface area contributed by atoms with Crippen LogP contribution in [-0.4, -0.2) is 48.5 Å². The molecule has 0 radical (unpaired) electrons. The van der Waals surface area contributed by atoms with Crippen molar-refractivity contribution in [3.63, 3.8) is 0 Å². The van der Waals surface area contributed by atoms with E-state index in [1.54, 1.807) is 12.1 Å². The van der Waals surface area contributed by atoms with Crippen LogP contribution < -0.4 is 24.2 Å². The molecule has 3 rings (SSSR count). The molecule has 0 fully saturated rings. The Morgan fingerprint density at radius 3 is 2.63 bits per heavy atom. The molecule has 0 aromatic heterocycles. The highest BCUT2D eigenvalue weighted by Crippen LogP contribution is 2.34. The van der Waals surface area contributed by atoms with E-state index in [2.05, 4.69) is 10.0 Å². The number of nitrogens with one attached hydrogen (secondary N) is 2. The van der Waals surface area contributed by atoms with Gasteiger partial charge < -0.3 is 24.3 Å². The fourth-order valence-electron chi connectivity index (χ4n) is 2.93. The summed E-state index contributed by atoms with van der Waals surface area (Å²) in [5.74, 6) is 0.994. The van der Waals surface area contributed by atoms with E-state index in [0.717, 1.165) is 5.56 Å². The lowest BCUT2D eigenvalue weighted by Gasteiger charge is -2.16. The molecule has 10 heteroatoms. The molecule has 1 unspecified atom stereocenters. The first-order valence-electron chi connectivity index (χ1n) is 9.22. The second kappa shape index (κ2) is 9.33. The number of carbonyl (C=O) groups excluding carboxylic acids is 1. The van der Waals surface area contributed by atoms with Gasteiger partial charge in [-0.3, -0.25) is 4.79 Å². The van der Waals surface area contributed by atoms with Crippen LogP contribution in [0.4, 0.5) is 0 Å². The minimum Gasteiger partial charge on any atom is -0.495 e. The molecule has 2 N–H and O–H groups in total. The highest BCUT2D eigenvalue weighted by atomic mass is 32.2. The third kappa shape index (κ3) is 4.84. The third-order valence-corrected chi connectivity index (χ3v) is 6.04. The van der Waals surface area contributed by atoms with Crippen molar-refractivity contribution >= 4 is 15.9 Å². The Morgan fingerprint density at radius 1 is 1.13 bits per heavy atom. The molecule has 0 aliphatic carbocycles. The Morgan fingerprint density at radius 2 is 1.90 bits per heavy atom. The fourth-order valence-corrected chi connectivity index (χ4v) is 4.14. The van der Waals surface area contributed by atoms with Gasteiger partial charge in [0.15, 0.2) is 11.5 Å². The number of amides is 1. The molecule has 9 nitrogen and oxygen atoms in total. The number of sulfonamides is 1. The fraction of sp³-hybridized carbons (Fsp3) is 0.350. The largest absolute Gasteiger partial charge is 0.495 e. The van der Waals surface area contributed by atoms with Crippen molar-refractivity contribution in [2.75, 3.05) is 34.2 Å². The summed E-state index contributed by atoms with van der Waals surface area (Å²) in [4.78, 5) is 12.6. The molecule has 1 aliphatic heterocycles. The van der Waals surface area contributed by atoms with Crippen molar-refractivity contribution in [1.82, 2.24) is 10.0 Å². The Balaban J connectivity index is 1.78. The van der Waals surface area contributed by atoms with Gasteiger partial charge in [0.2, 0.25) is 16.8 Å². The molecule has 162 valence electrons. The Bertz CT molecular complexity index is 1020. The molecule has 0 spiro atoms. The number of benzene rings is 2. The van der Waals surface area contributed by atoms with Crippen molar-refractivity contribution in [1.29, 1.82) is 0 Å². The molecule has 0 saturated carbocycles. The maximum atomic E-state index is 12.8. The summed E-state index contributed by atoms with van der Waals surface area (Å²) in [7, 11) is -1.04. The summed E-state index contributed by atoms with van der Waals surface area (Å²) >= 11 is 0. The van der Waals surface area contributed by atoms with Gasteiger partial charge in [0, 0.05) is 19.2 Å². The predicted molar refractivity (Wildman–Crippen MR) is 109 cm³/mol. The molecule has 1 atom stereocenters. The first kappa shape index (κ1) is 21.9. The first-order chi connectivity index (χ1) is 14.4. The van der Waals surface area contributed by atoms with Gasteiger partial charge in [0.05, 0.1) is 19.8 Å². The smallest absolute Gasteiger partial charge is 0.251 e. The Hall–Kier alpha value is -2.82. The van der Waals surface area contributed by atoms with Gasteiger partial charge in [0.1, 0.15) is 10.6 Å². The van der Waals surface area contributed by atoms with Crippen molar-refractivity contribution in [3.05, 3.63) is 47.5 Å². The molecule has 2 aromatic rings. The number of hydrogen-bond acceptors (Lipinski definition) is 7. The number of hydrogen-bond donors (Lipinski definition) is 2. The molecule has 0 saturated heterocycles. The minimum absolute atomic E-state index is 0.0968. The van der Waals surface area contributed by atoms with Gasteiger partial charge in [-0.25, -0.2) is 13.1 Å². The number of ether oxygens (including phenoxy) is 4. The summed E-state index contributed by atoms with van der Waals surface area (Å²) < 4.78 is 48.3. The lowest BCUT2D eigenvalue weighted by Crippen LogP contribution is -2.29. The van der Waals surface area contributed by atoms with Crippen LogP contribution in [0.2, 0.25) is 0 Å². The zero-order valence-electron chi connectivity index (χ0n) is 16.9. The first-order valence-corrected chi connectivity index (χ1v) is 10.7. The highest BCUT2D eigenvalue weighted by molar-refractivity contribution is 7.89. The highest BCUT2D eigenvalue weighted by Gasteiger charge is 2.22. The van der Waals surface area contributed by atoms with E-state index in [9.17, 15) is 13.2 Å². The quantitative estimate of drug-likeness (QED) is 0.577. The molecule has 0 bridgehead atoms. The van der Waals surface area contributed by atoms with Crippen LogP contribution in [-0.2, 0) is 14.8 Å². The summed E-state index contributed by atoms with van der Waals surface area (Å²) in [5.41, 5.74) is 1.02. The van der Waals surface area contributed by atoms with Gasteiger partial charge in [0.25, 0.3) is 5.91 Å². The average molecular weight is 436 g/mol. The minimum atomic E-state index is -3.88. The van der Waals surface area contributed by atoms with Crippen molar-refractivity contribution in [3.8, 4) is 17.2 Å². The Kier molecular flexibility index (Phi) is 6.80. The van der Waals surface area contributed by atoms with Crippen LogP contribution in [0.25, 0.3) is 0 Å². The summed E-state index contributed by atoms with van der Waals surface area (Å²) in [6.07, 6.45) is 0. The molecule has 2 aromatic carbocycles. The molecular weight excluding hydrogens is 412 g/mol. The summed E-state index contributed by atoms with van der Waals surface area (Å²) in [6.45, 7) is 2.30. The van der Waals surface area contributed by atoms with Gasteiger partial charge in [-0.05, 0) is 42.8 Å². The van der Waals surface area contributed by atoms with E-state index in [1.807, 2.05) is 13.0 Å². The van der Waals surface area contributed by atoms with Crippen molar-refractivity contribution in [2.45, 2.75) is 17.9 Å². The standard InChI is InChI=1S/C20H24N2O7S/c1-13(14-4-6-16-18(10-14)29-12-28-16)22-20(23)15-5-7-17(27-3)19(11-15)30(24,25)21-8-9-26-2/h4-7,10-11,13,21H,8-9,12H2,1-3H3,(H,22,23). The third-order valence-electron chi connectivity index (χ3n) is 4.56. The maximum Gasteiger partial charge on any atom is 0.251 e. The van der Waals surface area contributed by atoms with Crippen molar-refractivity contribution < 1.29 is 32.2 Å². The molecular formula is C20H24N2O7S. The topological polar surface area (TPSA) is 112 Å². The van der Waals surface area contributed by atoms with Crippen molar-refractivity contribution in [2.24, 2.45) is 0 Å². The maximum absolute atomic E-state index is 12.8. The van der Waals surface area contributed by atoms with Gasteiger partial charge in [-0.2, -0.15) is 0 Å². The normalized spacial score (nSPS) is 13.7. The van der Waals surface area contributed by atoms with Gasteiger partial charge in [-0.15, -0.1) is 0 Å². The van der Waals surface area contributed by atoms with Gasteiger partial charge >= 0.3 is 0 Å². The van der Waals surface area contributed by atoms with Crippen LogP contribution >= 0.6 is 0 Å². The second-order valence-electron chi connectivity index (χ2n) is 6.56. The Labute approximate surface area is 175 Å². The zero-order valence-corrected chi connectivity index (χ0v) is 17.7. The molecule has 30 heavy (non-hydrogen) atoms. The number of rotatable bonds is 9. The molecule has 1 aliphatic rings. The van der Waals surface area contributed by atoms with E-state index in [-0.39, 0.29) is 42.2 Å². The number of methoxy groups -OCH3 is 2. The lowest BCUT2D eigenvalue weighted by molar-refractivity contribution is 0.0939. The van der Waals surface area contributed by atoms with E-state index >= 15 is 0 Å². The second-order valence-corrected chi connectivity index (χ2v) is 8.30. The number of fused-ring (bicyclic) bond motifs is 1. The van der Waals surface area contributed by atoms with E-state index in [0.29, 0.717) is 11.5 Å². The summed E-state index contributed by atoms with van der Waals surface area (Å²) in [5, 5.41) is 2.86. The lowest BCUT2D eigenvalue weighted by atomic mass is 10.1. The SMILES string of the molecule is COCCNS(=O)(=O)c1cc(C(=O)NC(C)c2ccc3c(c2)OCO3)ccc1OC. The van der Waals surface area contributed by atoms with E-state index in [4.69, 9.17) is 18.9 Å².